The van der Waals surface area contributed by atoms with Crippen LogP contribution in [-0.2, 0) is 6.42 Å². The summed E-state index contributed by atoms with van der Waals surface area (Å²) in [5.41, 5.74) is 0.893. The maximum absolute atomic E-state index is 12.8. The molecule has 0 atom stereocenters. The molecule has 17 heavy (non-hydrogen) atoms. The van der Waals surface area contributed by atoms with Gasteiger partial charge >= 0.3 is 0 Å². The van der Waals surface area contributed by atoms with Gasteiger partial charge in [-0.1, -0.05) is 18.3 Å². The molecule has 0 spiro atoms. The molecular weight excluding hydrogens is 239 g/mol. The second-order valence-corrected chi connectivity index (χ2v) is 4.53. The Balaban J connectivity index is 2.11. The lowest BCUT2D eigenvalue weighted by atomic mass is 10.2. The Morgan fingerprint density at radius 2 is 2.00 bits per heavy atom. The van der Waals surface area contributed by atoms with Crippen molar-refractivity contribution in [2.75, 3.05) is 0 Å². The summed E-state index contributed by atoms with van der Waals surface area (Å²) in [6.07, 6.45) is 0.785. The van der Waals surface area contributed by atoms with Gasteiger partial charge in [-0.15, -0.1) is 10.2 Å². The van der Waals surface area contributed by atoms with Gasteiger partial charge in [0.1, 0.15) is 10.8 Å². The van der Waals surface area contributed by atoms with Crippen molar-refractivity contribution in [3.8, 4) is 10.6 Å². The van der Waals surface area contributed by atoms with Crippen LogP contribution in [0.1, 0.15) is 12.7 Å². The maximum atomic E-state index is 12.8. The van der Waals surface area contributed by atoms with Crippen molar-refractivity contribution in [2.45, 2.75) is 13.3 Å². The fourth-order valence-corrected chi connectivity index (χ4v) is 2.45. The highest BCUT2D eigenvalue weighted by molar-refractivity contribution is 7.19. The first-order valence-electron chi connectivity index (χ1n) is 5.25. The summed E-state index contributed by atoms with van der Waals surface area (Å²) in [6, 6.07) is 6.29. The van der Waals surface area contributed by atoms with Gasteiger partial charge in [0.15, 0.2) is 5.82 Å². The van der Waals surface area contributed by atoms with Crippen LogP contribution in [0, 0.1) is 5.82 Å². The van der Waals surface area contributed by atoms with Gasteiger partial charge in [0.2, 0.25) is 4.96 Å². The minimum Gasteiger partial charge on any atom is -0.207 e. The smallest absolute Gasteiger partial charge is 0.207 e. The largest absolute Gasteiger partial charge is 0.234 e. The number of aryl methyl sites for hydroxylation is 1. The average molecular weight is 248 g/mol. The summed E-state index contributed by atoms with van der Waals surface area (Å²) in [7, 11) is 0. The van der Waals surface area contributed by atoms with E-state index in [1.54, 1.807) is 16.6 Å². The third-order valence-electron chi connectivity index (χ3n) is 2.46. The monoisotopic (exact) mass is 248 g/mol. The number of benzene rings is 1. The van der Waals surface area contributed by atoms with Gasteiger partial charge in [0.25, 0.3) is 0 Å². The van der Waals surface area contributed by atoms with Crippen molar-refractivity contribution >= 4 is 16.3 Å². The molecule has 0 radical (unpaired) electrons. The SMILES string of the molecule is CCc1nnc2sc(-c3ccc(F)cc3)nn12. The van der Waals surface area contributed by atoms with Gasteiger partial charge in [0.05, 0.1) is 0 Å². The second kappa shape index (κ2) is 3.89. The van der Waals surface area contributed by atoms with Gasteiger partial charge in [0, 0.05) is 12.0 Å². The Morgan fingerprint density at radius 1 is 1.24 bits per heavy atom. The van der Waals surface area contributed by atoms with Crippen LogP contribution in [0.2, 0.25) is 0 Å². The summed E-state index contributed by atoms with van der Waals surface area (Å²) in [5, 5.41) is 13.3. The molecule has 86 valence electrons. The minimum atomic E-state index is -0.244. The Labute approximate surface area is 101 Å². The molecule has 0 bridgehead atoms. The average Bonchev–Trinajstić information content (AvgIpc) is 2.89. The molecule has 0 saturated heterocycles. The van der Waals surface area contributed by atoms with Crippen molar-refractivity contribution in [3.05, 3.63) is 35.9 Å². The third kappa shape index (κ3) is 1.70. The van der Waals surface area contributed by atoms with Gasteiger partial charge < -0.3 is 0 Å². The van der Waals surface area contributed by atoms with Gasteiger partial charge in [-0.3, -0.25) is 0 Å². The molecule has 2 heterocycles. The number of aromatic nitrogens is 4. The van der Waals surface area contributed by atoms with E-state index in [9.17, 15) is 4.39 Å². The molecule has 0 saturated carbocycles. The molecular formula is C11H9FN4S. The Morgan fingerprint density at radius 3 is 2.71 bits per heavy atom. The topological polar surface area (TPSA) is 43.1 Å². The van der Waals surface area contributed by atoms with Crippen molar-refractivity contribution in [1.29, 1.82) is 0 Å². The first-order chi connectivity index (χ1) is 8.28. The molecule has 0 fully saturated rings. The molecule has 4 nitrogen and oxygen atoms in total. The number of hydrogen-bond acceptors (Lipinski definition) is 4. The quantitative estimate of drug-likeness (QED) is 0.700. The van der Waals surface area contributed by atoms with Crippen molar-refractivity contribution < 1.29 is 4.39 Å². The number of rotatable bonds is 2. The van der Waals surface area contributed by atoms with E-state index in [1.165, 1.54) is 23.5 Å². The van der Waals surface area contributed by atoms with Crippen LogP contribution in [0.15, 0.2) is 24.3 Å². The van der Waals surface area contributed by atoms with E-state index >= 15 is 0 Å². The first kappa shape index (κ1) is 10.3. The molecule has 1 aromatic carbocycles. The van der Waals surface area contributed by atoms with E-state index in [4.69, 9.17) is 0 Å². The lowest BCUT2D eigenvalue weighted by Gasteiger charge is -1.94. The lowest BCUT2D eigenvalue weighted by Crippen LogP contribution is -1.93. The molecule has 2 aromatic heterocycles. The van der Waals surface area contributed by atoms with Crippen LogP contribution >= 0.6 is 11.3 Å². The Bertz CT molecular complexity index is 656. The number of nitrogens with zero attached hydrogens (tertiary/aromatic N) is 4. The molecule has 6 heteroatoms. The van der Waals surface area contributed by atoms with Gasteiger partial charge in [-0.05, 0) is 24.3 Å². The highest BCUT2D eigenvalue weighted by Crippen LogP contribution is 2.25. The maximum Gasteiger partial charge on any atom is 0.234 e. The van der Waals surface area contributed by atoms with Crippen LogP contribution in [0.3, 0.4) is 0 Å². The fourth-order valence-electron chi connectivity index (χ4n) is 1.59. The standard InChI is InChI=1S/C11H9FN4S/c1-2-9-13-14-11-16(9)15-10(17-11)7-3-5-8(12)6-4-7/h3-6H,2H2,1H3. The normalized spacial score (nSPS) is 11.2. The summed E-state index contributed by atoms with van der Waals surface area (Å²) >= 11 is 1.45. The predicted octanol–water partition coefficient (Wildman–Crippen LogP) is 2.55. The molecule has 0 aliphatic carbocycles. The highest BCUT2D eigenvalue weighted by Gasteiger charge is 2.11. The van der Waals surface area contributed by atoms with Crippen molar-refractivity contribution in [3.63, 3.8) is 0 Å². The molecule has 3 rings (SSSR count). The summed E-state index contributed by atoms with van der Waals surface area (Å²) < 4.78 is 14.6. The van der Waals surface area contributed by atoms with Crippen LogP contribution in [-0.4, -0.2) is 19.8 Å². The van der Waals surface area contributed by atoms with E-state index in [-0.39, 0.29) is 5.82 Å². The molecule has 0 N–H and O–H groups in total. The van der Waals surface area contributed by atoms with E-state index in [0.717, 1.165) is 27.8 Å². The fraction of sp³-hybridized carbons (Fsp3) is 0.182. The first-order valence-corrected chi connectivity index (χ1v) is 6.06. The van der Waals surface area contributed by atoms with E-state index < -0.39 is 0 Å². The number of fused-ring (bicyclic) bond motifs is 1. The molecule has 0 unspecified atom stereocenters. The number of hydrogen-bond donors (Lipinski definition) is 0. The van der Waals surface area contributed by atoms with Crippen LogP contribution < -0.4 is 0 Å². The van der Waals surface area contributed by atoms with Crippen molar-refractivity contribution in [2.24, 2.45) is 0 Å². The number of halogens is 1. The zero-order valence-corrected chi connectivity index (χ0v) is 9.91. The van der Waals surface area contributed by atoms with Crippen LogP contribution in [0.25, 0.3) is 15.5 Å². The van der Waals surface area contributed by atoms with E-state index in [2.05, 4.69) is 15.3 Å². The summed E-state index contributed by atoms with van der Waals surface area (Å²) in [4.78, 5) is 0.765. The second-order valence-electron chi connectivity index (χ2n) is 3.58. The van der Waals surface area contributed by atoms with Crippen LogP contribution in [0.4, 0.5) is 4.39 Å². The minimum absolute atomic E-state index is 0.244. The van der Waals surface area contributed by atoms with Crippen LogP contribution in [0.5, 0.6) is 0 Å². The molecule has 0 amide bonds. The highest BCUT2D eigenvalue weighted by atomic mass is 32.1. The summed E-state index contributed by atoms with van der Waals surface area (Å²) in [5.74, 6) is 0.593. The Hall–Kier alpha value is -1.82. The van der Waals surface area contributed by atoms with E-state index in [1.807, 2.05) is 6.92 Å². The summed E-state index contributed by atoms with van der Waals surface area (Å²) in [6.45, 7) is 2.01. The lowest BCUT2D eigenvalue weighted by molar-refractivity contribution is 0.628. The van der Waals surface area contributed by atoms with Gasteiger partial charge in [-0.25, -0.2) is 4.39 Å². The zero-order chi connectivity index (χ0) is 11.8. The zero-order valence-electron chi connectivity index (χ0n) is 9.09. The third-order valence-corrected chi connectivity index (χ3v) is 3.41. The molecule has 3 aromatic rings. The predicted molar refractivity (Wildman–Crippen MR) is 63.4 cm³/mol. The Kier molecular flexibility index (Phi) is 2.36. The molecule has 0 aliphatic heterocycles. The van der Waals surface area contributed by atoms with Gasteiger partial charge in [-0.2, -0.15) is 9.61 Å². The molecule has 0 aliphatic rings. The van der Waals surface area contributed by atoms with Crippen molar-refractivity contribution in [1.82, 2.24) is 19.8 Å². The van der Waals surface area contributed by atoms with E-state index in [0.29, 0.717) is 0 Å².